The molecule has 0 fully saturated rings. The molecule has 5 heteroatoms. The average Bonchev–Trinajstić information content (AvgIpc) is 2.27. The molecule has 0 aliphatic rings. The van der Waals surface area contributed by atoms with E-state index in [4.69, 9.17) is 15.2 Å². The Bertz CT molecular complexity index is 220. The quantitative estimate of drug-likeness (QED) is 0.477. The predicted molar refractivity (Wildman–Crippen MR) is 67.8 cm³/mol. The summed E-state index contributed by atoms with van der Waals surface area (Å²) in [6.07, 6.45) is 1.57. The van der Waals surface area contributed by atoms with Crippen molar-refractivity contribution < 1.29 is 14.3 Å². The molecule has 0 heterocycles. The minimum atomic E-state index is -0.897. The van der Waals surface area contributed by atoms with Gasteiger partial charge in [-0.1, -0.05) is 0 Å². The van der Waals surface area contributed by atoms with Gasteiger partial charge in [-0.15, -0.1) is 0 Å². The van der Waals surface area contributed by atoms with E-state index < -0.39 is 5.54 Å². The van der Waals surface area contributed by atoms with Crippen LogP contribution in [-0.2, 0) is 14.3 Å². The third-order valence-corrected chi connectivity index (χ3v) is 2.64. The number of esters is 1. The van der Waals surface area contributed by atoms with E-state index in [0.717, 1.165) is 26.1 Å². The highest BCUT2D eigenvalue weighted by atomic mass is 16.5. The van der Waals surface area contributed by atoms with Crippen LogP contribution in [0.2, 0.25) is 0 Å². The molecule has 0 saturated heterocycles. The van der Waals surface area contributed by atoms with Gasteiger partial charge in [-0.25, -0.2) is 0 Å². The molecular formula is C12H26N2O3. The summed E-state index contributed by atoms with van der Waals surface area (Å²) in [5.74, 6) is -0.328. The maximum atomic E-state index is 11.6. The third kappa shape index (κ3) is 7.31. The molecule has 5 nitrogen and oxygen atoms in total. The van der Waals surface area contributed by atoms with Crippen molar-refractivity contribution in [1.82, 2.24) is 4.90 Å². The van der Waals surface area contributed by atoms with Crippen LogP contribution in [0.25, 0.3) is 0 Å². The van der Waals surface area contributed by atoms with Crippen LogP contribution in [-0.4, -0.2) is 56.9 Å². The minimum Gasteiger partial charge on any atom is -0.465 e. The van der Waals surface area contributed by atoms with Crippen molar-refractivity contribution in [2.24, 2.45) is 5.73 Å². The molecule has 0 aromatic carbocycles. The van der Waals surface area contributed by atoms with Crippen molar-refractivity contribution in [3.05, 3.63) is 0 Å². The Morgan fingerprint density at radius 2 is 2.06 bits per heavy atom. The second-order valence-corrected chi connectivity index (χ2v) is 4.54. The van der Waals surface area contributed by atoms with Gasteiger partial charge in [-0.2, -0.15) is 0 Å². The lowest BCUT2D eigenvalue weighted by molar-refractivity contribution is -0.149. The van der Waals surface area contributed by atoms with Crippen molar-refractivity contribution in [2.45, 2.75) is 32.2 Å². The van der Waals surface area contributed by atoms with E-state index in [-0.39, 0.29) is 5.97 Å². The SMILES string of the molecule is CCOC(=O)C(C)(N)CCN(C)CCCOC. The fourth-order valence-electron chi connectivity index (χ4n) is 1.41. The molecule has 0 aromatic heterocycles. The van der Waals surface area contributed by atoms with Gasteiger partial charge in [-0.05, 0) is 33.7 Å². The molecular weight excluding hydrogens is 220 g/mol. The third-order valence-electron chi connectivity index (χ3n) is 2.64. The molecule has 0 rings (SSSR count). The summed E-state index contributed by atoms with van der Waals surface area (Å²) in [6, 6.07) is 0. The number of hydrogen-bond acceptors (Lipinski definition) is 5. The van der Waals surface area contributed by atoms with Crippen LogP contribution < -0.4 is 5.73 Å². The van der Waals surface area contributed by atoms with Crippen molar-refractivity contribution in [1.29, 1.82) is 0 Å². The van der Waals surface area contributed by atoms with Gasteiger partial charge in [0.25, 0.3) is 0 Å². The second kappa shape index (κ2) is 8.44. The molecule has 1 atom stereocenters. The lowest BCUT2D eigenvalue weighted by Gasteiger charge is -2.25. The Hall–Kier alpha value is -0.650. The van der Waals surface area contributed by atoms with Crippen LogP contribution in [0.3, 0.4) is 0 Å². The first-order valence-electron chi connectivity index (χ1n) is 6.07. The highest BCUT2D eigenvalue weighted by molar-refractivity contribution is 5.79. The van der Waals surface area contributed by atoms with Crippen LogP contribution in [0.4, 0.5) is 0 Å². The monoisotopic (exact) mass is 246 g/mol. The molecule has 0 bridgehead atoms. The molecule has 17 heavy (non-hydrogen) atoms. The predicted octanol–water partition coefficient (Wildman–Crippen LogP) is 0.625. The van der Waals surface area contributed by atoms with Gasteiger partial charge in [0.1, 0.15) is 5.54 Å². The number of carbonyl (C=O) groups is 1. The molecule has 0 aliphatic heterocycles. The first-order valence-corrected chi connectivity index (χ1v) is 6.07. The zero-order chi connectivity index (χ0) is 13.3. The number of nitrogens with zero attached hydrogens (tertiary/aromatic N) is 1. The van der Waals surface area contributed by atoms with Crippen molar-refractivity contribution in [3.63, 3.8) is 0 Å². The molecule has 0 aliphatic carbocycles. The number of nitrogens with two attached hydrogens (primary N) is 1. The molecule has 0 spiro atoms. The Morgan fingerprint density at radius 3 is 2.59 bits per heavy atom. The first kappa shape index (κ1) is 16.4. The van der Waals surface area contributed by atoms with Crippen LogP contribution in [0.15, 0.2) is 0 Å². The Kier molecular flexibility index (Phi) is 8.12. The number of rotatable bonds is 9. The number of carbonyl (C=O) groups excluding carboxylic acids is 1. The molecule has 102 valence electrons. The van der Waals surface area contributed by atoms with Crippen molar-refractivity contribution in [2.75, 3.05) is 40.5 Å². The summed E-state index contributed by atoms with van der Waals surface area (Å²) in [5, 5.41) is 0. The van der Waals surface area contributed by atoms with Crippen LogP contribution in [0.5, 0.6) is 0 Å². The standard InChI is InChI=1S/C12H26N2O3/c1-5-17-11(15)12(2,13)7-9-14(3)8-6-10-16-4/h5-10,13H2,1-4H3. The zero-order valence-electron chi connectivity index (χ0n) is 11.5. The summed E-state index contributed by atoms with van der Waals surface area (Å²) in [4.78, 5) is 13.7. The Balaban J connectivity index is 3.87. The van der Waals surface area contributed by atoms with Gasteiger partial charge in [0.05, 0.1) is 6.61 Å². The van der Waals surface area contributed by atoms with Gasteiger partial charge in [-0.3, -0.25) is 4.79 Å². The van der Waals surface area contributed by atoms with E-state index in [1.165, 1.54) is 0 Å². The highest BCUT2D eigenvalue weighted by Gasteiger charge is 2.29. The van der Waals surface area contributed by atoms with E-state index >= 15 is 0 Å². The van der Waals surface area contributed by atoms with Gasteiger partial charge >= 0.3 is 5.97 Å². The number of methoxy groups -OCH3 is 1. The summed E-state index contributed by atoms with van der Waals surface area (Å²) in [6.45, 7) is 6.33. The fraction of sp³-hybridized carbons (Fsp3) is 0.917. The van der Waals surface area contributed by atoms with Gasteiger partial charge in [0.2, 0.25) is 0 Å². The van der Waals surface area contributed by atoms with E-state index in [2.05, 4.69) is 4.90 Å². The van der Waals surface area contributed by atoms with Crippen molar-refractivity contribution >= 4 is 5.97 Å². The minimum absolute atomic E-state index is 0.328. The Morgan fingerprint density at radius 1 is 1.41 bits per heavy atom. The largest absolute Gasteiger partial charge is 0.465 e. The van der Waals surface area contributed by atoms with Gasteiger partial charge in [0, 0.05) is 26.8 Å². The maximum absolute atomic E-state index is 11.6. The van der Waals surface area contributed by atoms with Crippen LogP contribution in [0, 0.1) is 0 Å². The zero-order valence-corrected chi connectivity index (χ0v) is 11.5. The highest BCUT2D eigenvalue weighted by Crippen LogP contribution is 2.09. The smallest absolute Gasteiger partial charge is 0.325 e. The normalized spacial score (nSPS) is 14.7. The molecule has 1 unspecified atom stereocenters. The van der Waals surface area contributed by atoms with E-state index in [1.807, 2.05) is 7.05 Å². The Labute approximate surface area is 104 Å². The fourth-order valence-corrected chi connectivity index (χ4v) is 1.41. The van der Waals surface area contributed by atoms with E-state index in [1.54, 1.807) is 21.0 Å². The molecule has 0 saturated carbocycles. The summed E-state index contributed by atoms with van der Waals surface area (Å²) < 4.78 is 9.92. The molecule has 0 radical (unpaired) electrons. The van der Waals surface area contributed by atoms with E-state index in [9.17, 15) is 4.79 Å². The topological polar surface area (TPSA) is 64.8 Å². The molecule has 0 aromatic rings. The lowest BCUT2D eigenvalue weighted by Crippen LogP contribution is -2.48. The van der Waals surface area contributed by atoms with E-state index in [0.29, 0.717) is 13.0 Å². The van der Waals surface area contributed by atoms with Gasteiger partial charge < -0.3 is 20.1 Å². The molecule has 2 N–H and O–H groups in total. The number of ether oxygens (including phenoxy) is 2. The second-order valence-electron chi connectivity index (χ2n) is 4.54. The van der Waals surface area contributed by atoms with Gasteiger partial charge in [0.15, 0.2) is 0 Å². The van der Waals surface area contributed by atoms with Crippen molar-refractivity contribution in [3.8, 4) is 0 Å². The molecule has 0 amide bonds. The first-order chi connectivity index (χ1) is 7.94. The average molecular weight is 246 g/mol. The summed E-state index contributed by atoms with van der Waals surface area (Å²) >= 11 is 0. The number of hydrogen-bond donors (Lipinski definition) is 1. The summed E-state index contributed by atoms with van der Waals surface area (Å²) in [7, 11) is 3.70. The summed E-state index contributed by atoms with van der Waals surface area (Å²) in [5.41, 5.74) is 5.03. The van der Waals surface area contributed by atoms with Crippen LogP contribution >= 0.6 is 0 Å². The van der Waals surface area contributed by atoms with Crippen LogP contribution in [0.1, 0.15) is 26.7 Å². The lowest BCUT2D eigenvalue weighted by atomic mass is 9.99. The maximum Gasteiger partial charge on any atom is 0.325 e.